The summed E-state index contributed by atoms with van der Waals surface area (Å²) in [4.78, 5) is 8.41. The summed E-state index contributed by atoms with van der Waals surface area (Å²) in [6.07, 6.45) is 2.48. The van der Waals surface area contributed by atoms with E-state index in [0.717, 1.165) is 37.2 Å². The molecule has 2 aromatic heterocycles. The number of likely N-dealkylation sites (tertiary alicyclic amines) is 1. The second-order valence-corrected chi connectivity index (χ2v) is 6.52. The van der Waals surface area contributed by atoms with Crippen LogP contribution in [0.1, 0.15) is 29.4 Å². The maximum atomic E-state index is 4.76. The van der Waals surface area contributed by atoms with Crippen molar-refractivity contribution in [1.82, 2.24) is 25.0 Å². The number of hydrogen-bond acceptors (Lipinski definition) is 4. The van der Waals surface area contributed by atoms with Crippen LogP contribution in [0.2, 0.25) is 0 Å². The summed E-state index contributed by atoms with van der Waals surface area (Å²) in [5.74, 6) is 2.79. The normalized spacial score (nSPS) is 15.5. The molecule has 22 heavy (non-hydrogen) atoms. The third kappa shape index (κ3) is 3.47. The lowest BCUT2D eigenvalue weighted by molar-refractivity contribution is 0.490. The SMILES string of the molecule is Cc1nnc(CN=C(NCc2cccs2)N2CCCC2)n1C. The number of thiophene rings is 1. The number of aromatic nitrogens is 3. The number of nitrogens with zero attached hydrogens (tertiary/aromatic N) is 5. The van der Waals surface area contributed by atoms with Crippen molar-refractivity contribution in [1.29, 1.82) is 0 Å². The van der Waals surface area contributed by atoms with Crippen LogP contribution in [0.3, 0.4) is 0 Å². The van der Waals surface area contributed by atoms with Crippen LogP contribution < -0.4 is 5.32 Å². The molecule has 1 aliphatic rings. The average molecular weight is 318 g/mol. The van der Waals surface area contributed by atoms with Gasteiger partial charge in [0.1, 0.15) is 12.4 Å². The molecule has 118 valence electrons. The molecular formula is C15H22N6S. The van der Waals surface area contributed by atoms with E-state index in [-0.39, 0.29) is 0 Å². The van der Waals surface area contributed by atoms with Gasteiger partial charge in [0.05, 0.1) is 6.54 Å². The summed E-state index contributed by atoms with van der Waals surface area (Å²) in [5.41, 5.74) is 0. The van der Waals surface area contributed by atoms with Gasteiger partial charge >= 0.3 is 0 Å². The van der Waals surface area contributed by atoms with Crippen LogP contribution in [0.4, 0.5) is 0 Å². The molecule has 1 aliphatic heterocycles. The smallest absolute Gasteiger partial charge is 0.194 e. The minimum absolute atomic E-state index is 0.556. The molecule has 0 radical (unpaired) electrons. The van der Waals surface area contributed by atoms with Crippen LogP contribution in [0, 0.1) is 6.92 Å². The molecule has 7 heteroatoms. The topological polar surface area (TPSA) is 58.3 Å². The van der Waals surface area contributed by atoms with Crippen LogP contribution in [0.15, 0.2) is 22.5 Å². The van der Waals surface area contributed by atoms with E-state index in [0.29, 0.717) is 6.54 Å². The van der Waals surface area contributed by atoms with E-state index in [1.165, 1.54) is 17.7 Å². The Hall–Kier alpha value is -1.89. The van der Waals surface area contributed by atoms with Gasteiger partial charge in [-0.25, -0.2) is 4.99 Å². The Balaban J connectivity index is 1.69. The summed E-state index contributed by atoms with van der Waals surface area (Å²) in [7, 11) is 1.98. The molecule has 0 amide bonds. The molecule has 0 unspecified atom stereocenters. The summed E-state index contributed by atoms with van der Waals surface area (Å²) >= 11 is 1.77. The van der Waals surface area contributed by atoms with Gasteiger partial charge in [-0.2, -0.15) is 0 Å². The monoisotopic (exact) mass is 318 g/mol. The second kappa shape index (κ2) is 6.91. The Morgan fingerprint density at radius 3 is 2.82 bits per heavy atom. The van der Waals surface area contributed by atoms with Crippen LogP contribution in [0.25, 0.3) is 0 Å². The third-order valence-electron chi connectivity index (χ3n) is 3.96. The Labute approximate surface area is 134 Å². The van der Waals surface area contributed by atoms with E-state index in [9.17, 15) is 0 Å². The van der Waals surface area contributed by atoms with Crippen LogP contribution in [-0.2, 0) is 20.1 Å². The highest BCUT2D eigenvalue weighted by molar-refractivity contribution is 7.09. The number of aliphatic imine (C=N–C) groups is 1. The van der Waals surface area contributed by atoms with Gasteiger partial charge in [-0.05, 0) is 31.2 Å². The average Bonchev–Trinajstić information content (AvgIpc) is 3.25. The quantitative estimate of drug-likeness (QED) is 0.691. The first-order valence-corrected chi connectivity index (χ1v) is 8.52. The number of hydrogen-bond donors (Lipinski definition) is 1. The zero-order chi connectivity index (χ0) is 15.4. The van der Waals surface area contributed by atoms with E-state index < -0.39 is 0 Å². The van der Waals surface area contributed by atoms with Crippen LogP contribution in [0.5, 0.6) is 0 Å². The first-order chi connectivity index (χ1) is 10.7. The van der Waals surface area contributed by atoms with Crippen molar-refractivity contribution in [3.8, 4) is 0 Å². The molecule has 0 aliphatic carbocycles. The highest BCUT2D eigenvalue weighted by atomic mass is 32.1. The lowest BCUT2D eigenvalue weighted by Gasteiger charge is -2.21. The van der Waals surface area contributed by atoms with E-state index >= 15 is 0 Å². The molecule has 1 fully saturated rings. The lowest BCUT2D eigenvalue weighted by atomic mass is 10.4. The highest BCUT2D eigenvalue weighted by Gasteiger charge is 2.16. The van der Waals surface area contributed by atoms with Crippen LogP contribution >= 0.6 is 11.3 Å². The predicted molar refractivity (Wildman–Crippen MR) is 88.8 cm³/mol. The van der Waals surface area contributed by atoms with Crippen molar-refractivity contribution in [2.45, 2.75) is 32.9 Å². The molecule has 0 saturated carbocycles. The maximum absolute atomic E-state index is 4.76. The molecule has 0 aromatic carbocycles. The summed E-state index contributed by atoms with van der Waals surface area (Å²) in [5, 5.41) is 13.9. The standard InChI is InChI=1S/C15H22N6S/c1-12-18-19-14(20(12)2)11-17-15(21-7-3-4-8-21)16-10-13-6-5-9-22-13/h5-6,9H,3-4,7-8,10-11H2,1-2H3,(H,16,17). The first kappa shape index (κ1) is 15.0. The van der Waals surface area contributed by atoms with Gasteiger partial charge in [0, 0.05) is 25.0 Å². The fourth-order valence-electron chi connectivity index (χ4n) is 2.51. The van der Waals surface area contributed by atoms with Crippen molar-refractivity contribution >= 4 is 17.3 Å². The van der Waals surface area contributed by atoms with E-state index in [2.05, 4.69) is 37.9 Å². The Kier molecular flexibility index (Phi) is 4.72. The van der Waals surface area contributed by atoms with Gasteiger partial charge in [-0.1, -0.05) is 6.07 Å². The van der Waals surface area contributed by atoms with Crippen molar-refractivity contribution in [3.05, 3.63) is 34.0 Å². The largest absolute Gasteiger partial charge is 0.351 e. The molecule has 6 nitrogen and oxygen atoms in total. The van der Waals surface area contributed by atoms with Gasteiger partial charge in [-0.15, -0.1) is 21.5 Å². The minimum Gasteiger partial charge on any atom is -0.351 e. The first-order valence-electron chi connectivity index (χ1n) is 7.64. The molecule has 0 atom stereocenters. The summed E-state index contributed by atoms with van der Waals surface area (Å²) in [6.45, 7) is 5.49. The molecular weight excluding hydrogens is 296 g/mol. The van der Waals surface area contributed by atoms with Gasteiger partial charge in [0.15, 0.2) is 11.8 Å². The summed E-state index contributed by atoms with van der Waals surface area (Å²) < 4.78 is 1.99. The van der Waals surface area contributed by atoms with Crippen LogP contribution in [-0.4, -0.2) is 38.7 Å². The molecule has 0 bridgehead atoms. The van der Waals surface area contributed by atoms with E-state index in [4.69, 9.17) is 4.99 Å². The van der Waals surface area contributed by atoms with Crippen molar-refractivity contribution < 1.29 is 0 Å². The number of guanidine groups is 1. The Bertz CT molecular complexity index is 625. The third-order valence-corrected chi connectivity index (χ3v) is 4.84. The van der Waals surface area contributed by atoms with Crippen molar-refractivity contribution in [3.63, 3.8) is 0 Å². The van der Waals surface area contributed by atoms with Gasteiger partial charge < -0.3 is 14.8 Å². The van der Waals surface area contributed by atoms with Gasteiger partial charge in [-0.3, -0.25) is 0 Å². The lowest BCUT2D eigenvalue weighted by Crippen LogP contribution is -2.39. The molecule has 3 rings (SSSR count). The number of aryl methyl sites for hydroxylation is 1. The fraction of sp³-hybridized carbons (Fsp3) is 0.533. The van der Waals surface area contributed by atoms with E-state index in [1.807, 2.05) is 18.5 Å². The zero-order valence-electron chi connectivity index (χ0n) is 13.1. The van der Waals surface area contributed by atoms with Crippen molar-refractivity contribution in [2.24, 2.45) is 12.0 Å². The van der Waals surface area contributed by atoms with E-state index in [1.54, 1.807) is 11.3 Å². The Morgan fingerprint density at radius 2 is 2.18 bits per heavy atom. The molecule has 1 saturated heterocycles. The molecule has 0 spiro atoms. The summed E-state index contributed by atoms with van der Waals surface area (Å²) in [6, 6.07) is 4.22. The number of rotatable bonds is 4. The maximum Gasteiger partial charge on any atom is 0.194 e. The fourth-order valence-corrected chi connectivity index (χ4v) is 3.15. The van der Waals surface area contributed by atoms with Crippen molar-refractivity contribution in [2.75, 3.05) is 13.1 Å². The minimum atomic E-state index is 0.556. The predicted octanol–water partition coefficient (Wildman–Crippen LogP) is 1.93. The zero-order valence-corrected chi connectivity index (χ0v) is 13.9. The molecule has 3 heterocycles. The number of nitrogens with one attached hydrogen (secondary N) is 1. The molecule has 1 N–H and O–H groups in total. The highest BCUT2D eigenvalue weighted by Crippen LogP contribution is 2.11. The Morgan fingerprint density at radius 1 is 1.36 bits per heavy atom. The molecule has 2 aromatic rings. The van der Waals surface area contributed by atoms with Gasteiger partial charge in [0.25, 0.3) is 0 Å². The second-order valence-electron chi connectivity index (χ2n) is 5.49. The van der Waals surface area contributed by atoms with Gasteiger partial charge in [0.2, 0.25) is 0 Å².